The Morgan fingerprint density at radius 2 is 1.91 bits per heavy atom. The van der Waals surface area contributed by atoms with Crippen molar-refractivity contribution in [3.63, 3.8) is 0 Å². The van der Waals surface area contributed by atoms with Gasteiger partial charge in [-0.15, -0.1) is 0 Å². The number of guanidine groups is 1. The molecule has 13 heteroatoms. The van der Waals surface area contributed by atoms with Crippen LogP contribution in [0.3, 0.4) is 0 Å². The number of Topliss-reactive ketones (excluding diaryl/α,β-unsaturated/α-hetero) is 1. The number of carbonyl (C=O) groups is 2. The fourth-order valence-electron chi connectivity index (χ4n) is 3.30. The number of hydrazine groups is 1. The minimum absolute atomic E-state index is 0.0995. The highest BCUT2D eigenvalue weighted by atomic mass is 16.7. The van der Waals surface area contributed by atoms with Crippen LogP contribution in [0.2, 0.25) is 0 Å². The third-order valence-electron chi connectivity index (χ3n) is 4.90. The Labute approximate surface area is 199 Å². The van der Waals surface area contributed by atoms with E-state index in [-0.39, 0.29) is 37.0 Å². The minimum atomic E-state index is -1.74. The summed E-state index contributed by atoms with van der Waals surface area (Å²) in [5.74, 6) is -2.04. The quantitative estimate of drug-likeness (QED) is 0.0458. The lowest BCUT2D eigenvalue weighted by Crippen LogP contribution is -2.49. The number of amides is 1. The Balaban J connectivity index is 2.91. The molecule has 6 N–H and O–H groups in total. The monoisotopic (exact) mass is 479 g/mol. The van der Waals surface area contributed by atoms with Crippen LogP contribution in [0.1, 0.15) is 56.8 Å². The molecule has 0 aliphatic carbocycles. The van der Waals surface area contributed by atoms with Crippen LogP contribution in [0.4, 0.5) is 0 Å². The zero-order valence-corrected chi connectivity index (χ0v) is 19.8. The van der Waals surface area contributed by atoms with Gasteiger partial charge in [0.1, 0.15) is 5.75 Å². The lowest BCUT2D eigenvalue weighted by Gasteiger charge is -2.23. The Kier molecular flexibility index (Phi) is 12.6. The molecule has 0 saturated heterocycles. The highest BCUT2D eigenvalue weighted by molar-refractivity contribution is 6.43. The summed E-state index contributed by atoms with van der Waals surface area (Å²) >= 11 is 0. The van der Waals surface area contributed by atoms with E-state index in [0.717, 1.165) is 0 Å². The third kappa shape index (κ3) is 11.1. The molecule has 0 aromatic heterocycles. The summed E-state index contributed by atoms with van der Waals surface area (Å²) in [5.41, 5.74) is 7.53. The van der Waals surface area contributed by atoms with Gasteiger partial charge in [-0.3, -0.25) is 9.59 Å². The van der Waals surface area contributed by atoms with Crippen molar-refractivity contribution in [2.24, 2.45) is 22.6 Å². The first kappa shape index (κ1) is 28.8. The number of ketones is 1. The maximum atomic E-state index is 13.0. The van der Waals surface area contributed by atoms with E-state index in [2.05, 4.69) is 10.3 Å². The van der Waals surface area contributed by atoms with Crippen LogP contribution in [0, 0.1) is 22.0 Å². The van der Waals surface area contributed by atoms with Gasteiger partial charge >= 0.3 is 7.12 Å². The zero-order valence-electron chi connectivity index (χ0n) is 19.8. The number of rotatable bonds is 15. The number of carbonyl (C=O) groups excluding carboxylic acids is 2. The van der Waals surface area contributed by atoms with Crippen molar-refractivity contribution in [2.45, 2.75) is 52.4 Å². The molecule has 1 aromatic rings. The summed E-state index contributed by atoms with van der Waals surface area (Å²) in [7, 11) is -1.74. The average Bonchev–Trinajstić information content (AvgIpc) is 2.75. The molecular formula is C21H34BN5O7. The van der Waals surface area contributed by atoms with Gasteiger partial charge in [-0.25, -0.2) is 15.1 Å². The van der Waals surface area contributed by atoms with Crippen molar-refractivity contribution in [3.8, 4) is 5.75 Å². The second-order valence-electron chi connectivity index (χ2n) is 8.22. The van der Waals surface area contributed by atoms with E-state index in [0.29, 0.717) is 30.8 Å². The van der Waals surface area contributed by atoms with E-state index in [4.69, 9.17) is 10.5 Å². The summed E-state index contributed by atoms with van der Waals surface area (Å²) in [6.07, 6.45) is 0.795. The van der Waals surface area contributed by atoms with E-state index in [1.807, 2.05) is 20.8 Å². The lowest BCUT2D eigenvalue weighted by molar-refractivity contribution is -0.525. The normalized spacial score (nSPS) is 13.2. The second-order valence-corrected chi connectivity index (χ2v) is 8.22. The van der Waals surface area contributed by atoms with Gasteiger partial charge in [-0.1, -0.05) is 19.3 Å². The molecule has 2 atom stereocenters. The van der Waals surface area contributed by atoms with E-state index in [1.165, 1.54) is 0 Å². The van der Waals surface area contributed by atoms with Crippen molar-refractivity contribution < 1.29 is 29.4 Å². The molecule has 34 heavy (non-hydrogen) atoms. The molecule has 0 aliphatic rings. The number of nitrogens with two attached hydrogens (primary N) is 1. The van der Waals surface area contributed by atoms with Gasteiger partial charge in [-0.05, 0) is 56.4 Å². The molecular weight excluding hydrogens is 445 g/mol. The van der Waals surface area contributed by atoms with Crippen LogP contribution in [0.25, 0.3) is 0 Å². The smallest absolute Gasteiger partial charge is 0.475 e. The summed E-state index contributed by atoms with van der Waals surface area (Å²) < 4.78 is 5.37. The van der Waals surface area contributed by atoms with E-state index in [9.17, 15) is 29.8 Å². The number of hydrogen-bond acceptors (Lipinski definition) is 8. The number of nitro groups is 1. The van der Waals surface area contributed by atoms with Crippen LogP contribution in [0.15, 0.2) is 29.3 Å². The molecule has 0 bridgehead atoms. The number of benzene rings is 1. The Morgan fingerprint density at radius 3 is 2.44 bits per heavy atom. The van der Waals surface area contributed by atoms with Crippen LogP contribution >= 0.6 is 0 Å². The van der Waals surface area contributed by atoms with Gasteiger partial charge in [0, 0.05) is 24.4 Å². The van der Waals surface area contributed by atoms with E-state index < -0.39 is 29.9 Å². The molecule has 0 radical (unpaired) electrons. The summed E-state index contributed by atoms with van der Waals surface area (Å²) in [5, 5.41) is 31.5. The topological polar surface area (TPSA) is 189 Å². The maximum Gasteiger partial charge on any atom is 0.475 e. The number of nitrogens with zero attached hydrogens (tertiary/aromatic N) is 2. The van der Waals surface area contributed by atoms with Gasteiger partial charge in [0.15, 0.2) is 10.8 Å². The van der Waals surface area contributed by atoms with Crippen molar-refractivity contribution in [1.82, 2.24) is 10.7 Å². The Bertz CT molecular complexity index is 833. The van der Waals surface area contributed by atoms with Gasteiger partial charge in [0.2, 0.25) is 5.91 Å². The van der Waals surface area contributed by atoms with Crippen molar-refractivity contribution in [2.75, 3.05) is 13.2 Å². The first-order valence-electron chi connectivity index (χ1n) is 11.2. The molecule has 1 aromatic carbocycles. The molecule has 0 unspecified atom stereocenters. The van der Waals surface area contributed by atoms with Gasteiger partial charge < -0.3 is 25.8 Å². The molecule has 0 aliphatic heterocycles. The SMILES string of the molecule is CCOc1ccc(C(=O)C[C@@H](CCCN=C(N)N[N+](=O)[O-])C(=O)N[C@@H](CC(C)C)B(O)O)cc1. The molecule has 1 rings (SSSR count). The Morgan fingerprint density at radius 1 is 1.26 bits per heavy atom. The standard InChI is InChI=1S/C21H34BN5O7/c1-4-34-17-9-7-15(8-10-17)18(28)13-16(6-5-11-24-21(23)26-27(32)33)20(29)25-19(22(30)31)12-14(2)3/h7-10,14,16,19,30-31H,4-6,11-13H2,1-3H3,(H,25,29)(H3,23,24,26)/t16-,19+/m1/s1. The lowest BCUT2D eigenvalue weighted by atomic mass is 9.74. The third-order valence-corrected chi connectivity index (χ3v) is 4.90. The Hall–Kier alpha value is -3.19. The predicted molar refractivity (Wildman–Crippen MR) is 127 cm³/mol. The molecule has 12 nitrogen and oxygen atoms in total. The van der Waals surface area contributed by atoms with Crippen LogP contribution in [-0.2, 0) is 4.79 Å². The fraction of sp³-hybridized carbons (Fsp3) is 0.571. The molecule has 0 fully saturated rings. The zero-order chi connectivity index (χ0) is 25.7. The summed E-state index contributed by atoms with van der Waals surface area (Å²) in [6.45, 7) is 6.22. The summed E-state index contributed by atoms with van der Waals surface area (Å²) in [6, 6.07) is 6.59. The van der Waals surface area contributed by atoms with Crippen molar-refractivity contribution in [1.29, 1.82) is 0 Å². The van der Waals surface area contributed by atoms with Crippen molar-refractivity contribution >= 4 is 24.8 Å². The average molecular weight is 479 g/mol. The number of hydrogen-bond donors (Lipinski definition) is 5. The summed E-state index contributed by atoms with van der Waals surface area (Å²) in [4.78, 5) is 40.0. The van der Waals surface area contributed by atoms with Crippen molar-refractivity contribution in [3.05, 3.63) is 39.9 Å². The number of aliphatic imine (C=N–C) groups is 1. The molecule has 1 amide bonds. The molecule has 0 spiro atoms. The van der Waals surface area contributed by atoms with Crippen LogP contribution < -0.4 is 21.2 Å². The molecule has 0 heterocycles. The van der Waals surface area contributed by atoms with Gasteiger partial charge in [-0.2, -0.15) is 0 Å². The largest absolute Gasteiger partial charge is 0.494 e. The fourth-order valence-corrected chi connectivity index (χ4v) is 3.30. The highest BCUT2D eigenvalue weighted by Crippen LogP contribution is 2.19. The van der Waals surface area contributed by atoms with Gasteiger partial charge in [0.05, 0.1) is 12.5 Å². The van der Waals surface area contributed by atoms with E-state index in [1.54, 1.807) is 29.7 Å². The van der Waals surface area contributed by atoms with Crippen LogP contribution in [-0.4, -0.2) is 58.9 Å². The predicted octanol–water partition coefficient (Wildman–Crippen LogP) is 0.693. The highest BCUT2D eigenvalue weighted by Gasteiger charge is 2.30. The molecule has 0 saturated carbocycles. The number of nitrogens with one attached hydrogen (secondary N) is 2. The van der Waals surface area contributed by atoms with Gasteiger partial charge in [0.25, 0.3) is 5.96 Å². The minimum Gasteiger partial charge on any atom is -0.494 e. The van der Waals surface area contributed by atoms with Crippen LogP contribution in [0.5, 0.6) is 5.75 Å². The first-order chi connectivity index (χ1) is 16.0. The maximum absolute atomic E-state index is 13.0. The van der Waals surface area contributed by atoms with E-state index >= 15 is 0 Å². The first-order valence-corrected chi connectivity index (χ1v) is 11.2. The number of ether oxygens (including phenoxy) is 1. The molecule has 188 valence electrons. The second kappa shape index (κ2) is 14.9.